The zero-order valence-electron chi connectivity index (χ0n) is 16.6. The molecule has 5 fully saturated rings. The van der Waals surface area contributed by atoms with Crippen LogP contribution < -0.4 is 5.32 Å². The van der Waals surface area contributed by atoms with Gasteiger partial charge in [0.25, 0.3) is 0 Å². The number of hydrogen-bond donors (Lipinski definition) is 2. The molecular formula is C20H32N2O5. The highest BCUT2D eigenvalue weighted by Crippen LogP contribution is 2.56. The third kappa shape index (κ3) is 4.03. The molecule has 4 bridgehead atoms. The summed E-state index contributed by atoms with van der Waals surface area (Å²) in [6.07, 6.45) is 4.50. The van der Waals surface area contributed by atoms with Gasteiger partial charge in [0.15, 0.2) is 0 Å². The maximum absolute atomic E-state index is 12.7. The molecule has 0 spiro atoms. The molecule has 152 valence electrons. The molecule has 0 aromatic rings. The number of aliphatic hydroxyl groups is 1. The molecule has 4 saturated carbocycles. The Morgan fingerprint density at radius 2 is 1.81 bits per heavy atom. The van der Waals surface area contributed by atoms with Gasteiger partial charge in [-0.15, -0.1) is 0 Å². The lowest BCUT2D eigenvalue weighted by Gasteiger charge is -2.57. The number of likely N-dealkylation sites (tertiary alicyclic amines) is 1. The Morgan fingerprint density at radius 3 is 2.41 bits per heavy atom. The topological polar surface area (TPSA) is 88.1 Å². The highest BCUT2D eigenvalue weighted by Gasteiger charge is 2.56. The lowest BCUT2D eigenvalue weighted by Crippen LogP contribution is -2.58. The van der Waals surface area contributed by atoms with Crippen molar-refractivity contribution in [2.75, 3.05) is 13.1 Å². The normalized spacial score (nSPS) is 40.1. The number of nitrogens with one attached hydrogen (secondary N) is 1. The molecule has 2 unspecified atom stereocenters. The summed E-state index contributed by atoms with van der Waals surface area (Å²) in [6, 6.07) is -0.105. The number of rotatable bonds is 2. The minimum absolute atomic E-state index is 0.0628. The van der Waals surface area contributed by atoms with E-state index in [0.29, 0.717) is 37.3 Å². The smallest absolute Gasteiger partial charge is 0.410 e. The monoisotopic (exact) mass is 380 g/mol. The van der Waals surface area contributed by atoms with Crippen molar-refractivity contribution in [3.05, 3.63) is 0 Å². The number of amides is 2. The summed E-state index contributed by atoms with van der Waals surface area (Å²) < 4.78 is 11.2. The summed E-state index contributed by atoms with van der Waals surface area (Å²) in [5.41, 5.74) is -1.06. The van der Waals surface area contributed by atoms with Crippen molar-refractivity contribution < 1.29 is 24.2 Å². The van der Waals surface area contributed by atoms with Gasteiger partial charge < -0.3 is 24.8 Å². The van der Waals surface area contributed by atoms with Crippen LogP contribution in [0.4, 0.5) is 9.59 Å². The second-order valence-electron chi connectivity index (χ2n) is 10.1. The molecule has 5 aliphatic rings. The van der Waals surface area contributed by atoms with Crippen molar-refractivity contribution in [1.82, 2.24) is 10.2 Å². The molecule has 0 aromatic heterocycles. The van der Waals surface area contributed by atoms with Crippen molar-refractivity contribution in [3.63, 3.8) is 0 Å². The zero-order valence-corrected chi connectivity index (χ0v) is 16.6. The fourth-order valence-electron chi connectivity index (χ4n) is 5.84. The minimum Gasteiger partial charge on any atom is -0.446 e. The van der Waals surface area contributed by atoms with Gasteiger partial charge in [0.2, 0.25) is 0 Å². The molecule has 2 N–H and O–H groups in total. The molecule has 1 heterocycles. The predicted molar refractivity (Wildman–Crippen MR) is 98.1 cm³/mol. The molecular weight excluding hydrogens is 348 g/mol. The molecule has 2 amide bonds. The summed E-state index contributed by atoms with van der Waals surface area (Å²) in [5.74, 6) is 1.18. The van der Waals surface area contributed by atoms with Gasteiger partial charge in [-0.25, -0.2) is 9.59 Å². The van der Waals surface area contributed by atoms with Crippen LogP contribution in [0.15, 0.2) is 0 Å². The number of alkyl carbamates (subject to hydrolysis) is 1. The van der Waals surface area contributed by atoms with Crippen molar-refractivity contribution >= 4 is 12.2 Å². The molecule has 0 aromatic carbocycles. The number of nitrogens with zero attached hydrogens (tertiary/aromatic N) is 1. The molecule has 7 nitrogen and oxygen atoms in total. The second kappa shape index (κ2) is 6.54. The number of carbonyl (C=O) groups is 2. The summed E-state index contributed by atoms with van der Waals surface area (Å²) in [6.45, 7) is 6.51. The number of ether oxygens (including phenoxy) is 2. The highest BCUT2D eigenvalue weighted by molar-refractivity contribution is 5.70. The van der Waals surface area contributed by atoms with Gasteiger partial charge in [0.1, 0.15) is 11.7 Å². The maximum Gasteiger partial charge on any atom is 0.410 e. The van der Waals surface area contributed by atoms with Crippen LogP contribution in [0.1, 0.15) is 59.3 Å². The molecule has 0 radical (unpaired) electrons. The van der Waals surface area contributed by atoms with Crippen LogP contribution in [0, 0.1) is 17.8 Å². The molecule has 4 aliphatic carbocycles. The van der Waals surface area contributed by atoms with Crippen molar-refractivity contribution in [1.29, 1.82) is 0 Å². The average Bonchev–Trinajstić information content (AvgIpc) is 2.95. The highest BCUT2D eigenvalue weighted by atomic mass is 16.6. The Hall–Kier alpha value is -1.50. The van der Waals surface area contributed by atoms with E-state index >= 15 is 0 Å². The number of hydrogen-bond acceptors (Lipinski definition) is 5. The maximum atomic E-state index is 12.7. The van der Waals surface area contributed by atoms with Gasteiger partial charge in [-0.1, -0.05) is 0 Å². The first-order valence-corrected chi connectivity index (χ1v) is 10.3. The van der Waals surface area contributed by atoms with E-state index in [4.69, 9.17) is 9.47 Å². The fraction of sp³-hybridized carbons (Fsp3) is 0.900. The van der Waals surface area contributed by atoms with Gasteiger partial charge in [0, 0.05) is 13.1 Å². The van der Waals surface area contributed by atoms with Gasteiger partial charge in [-0.2, -0.15) is 0 Å². The van der Waals surface area contributed by atoms with Crippen molar-refractivity contribution in [2.45, 2.75) is 82.6 Å². The van der Waals surface area contributed by atoms with E-state index in [9.17, 15) is 14.7 Å². The van der Waals surface area contributed by atoms with E-state index in [0.717, 1.165) is 32.1 Å². The van der Waals surface area contributed by atoms with Crippen molar-refractivity contribution in [2.24, 2.45) is 17.8 Å². The van der Waals surface area contributed by atoms with Crippen LogP contribution in [-0.4, -0.2) is 58.6 Å². The van der Waals surface area contributed by atoms with E-state index in [1.54, 1.807) is 4.90 Å². The quantitative estimate of drug-likeness (QED) is 0.769. The SMILES string of the molecule is CC(C)(C)OC(=O)N[C@@H]1CCN(C(=O)O[C@H]2C3CC4CC2C[C@](O)(C4)C3)C1. The van der Waals surface area contributed by atoms with Crippen LogP contribution in [-0.2, 0) is 9.47 Å². The summed E-state index contributed by atoms with van der Waals surface area (Å²) in [7, 11) is 0. The molecule has 1 aliphatic heterocycles. The first-order chi connectivity index (χ1) is 12.6. The number of carbonyl (C=O) groups excluding carboxylic acids is 2. The summed E-state index contributed by atoms with van der Waals surface area (Å²) >= 11 is 0. The molecule has 5 rings (SSSR count). The Bertz CT molecular complexity index is 600. The first-order valence-electron chi connectivity index (χ1n) is 10.3. The molecule has 7 heteroatoms. The van der Waals surface area contributed by atoms with Crippen molar-refractivity contribution in [3.8, 4) is 0 Å². The largest absolute Gasteiger partial charge is 0.446 e. The summed E-state index contributed by atoms with van der Waals surface area (Å²) in [5, 5.41) is 13.5. The lowest BCUT2D eigenvalue weighted by atomic mass is 9.53. The van der Waals surface area contributed by atoms with E-state index in [2.05, 4.69) is 5.32 Å². The van der Waals surface area contributed by atoms with Crippen LogP contribution in [0.25, 0.3) is 0 Å². The molecule has 3 atom stereocenters. The molecule has 27 heavy (non-hydrogen) atoms. The second-order valence-corrected chi connectivity index (χ2v) is 10.1. The van der Waals surface area contributed by atoms with E-state index in [1.165, 1.54) is 0 Å². The van der Waals surface area contributed by atoms with Crippen LogP contribution in [0.2, 0.25) is 0 Å². The van der Waals surface area contributed by atoms with E-state index in [1.807, 2.05) is 20.8 Å². The third-order valence-electron chi connectivity index (χ3n) is 6.56. The first kappa shape index (κ1) is 18.8. The zero-order chi connectivity index (χ0) is 19.4. The van der Waals surface area contributed by atoms with Crippen LogP contribution in [0.5, 0.6) is 0 Å². The predicted octanol–water partition coefficient (Wildman–Crippen LogP) is 2.66. The average molecular weight is 380 g/mol. The third-order valence-corrected chi connectivity index (χ3v) is 6.56. The lowest BCUT2D eigenvalue weighted by molar-refractivity contribution is -0.177. The molecule has 1 saturated heterocycles. The summed E-state index contributed by atoms with van der Waals surface area (Å²) in [4.78, 5) is 26.3. The van der Waals surface area contributed by atoms with E-state index < -0.39 is 17.3 Å². The Morgan fingerprint density at radius 1 is 1.15 bits per heavy atom. The van der Waals surface area contributed by atoms with Gasteiger partial charge in [0.05, 0.1) is 11.6 Å². The van der Waals surface area contributed by atoms with Crippen LogP contribution in [0.3, 0.4) is 0 Å². The Balaban J connectivity index is 1.28. The minimum atomic E-state index is -0.537. The standard InChI is InChI=1S/C20H32N2O5/c1-19(2,3)27-17(23)21-15-4-5-22(11-15)18(24)26-16-13-6-12-7-14(16)10-20(25,8-12)9-13/h12-16,25H,4-11H2,1-3H3,(H,21,23)/t12?,13?,14?,15-,16-,20-/m1/s1. The Labute approximate surface area is 160 Å². The van der Waals surface area contributed by atoms with E-state index in [-0.39, 0.29) is 18.2 Å². The van der Waals surface area contributed by atoms with Crippen LogP contribution >= 0.6 is 0 Å². The Kier molecular flexibility index (Phi) is 4.56. The van der Waals surface area contributed by atoms with Gasteiger partial charge in [-0.05, 0) is 77.0 Å². The fourth-order valence-corrected chi connectivity index (χ4v) is 5.84. The van der Waals surface area contributed by atoms with Gasteiger partial charge in [-0.3, -0.25) is 0 Å². The van der Waals surface area contributed by atoms with Gasteiger partial charge >= 0.3 is 12.2 Å².